The van der Waals surface area contributed by atoms with E-state index in [-0.39, 0.29) is 5.92 Å². The molecule has 0 aromatic heterocycles. The molecule has 0 saturated carbocycles. The Labute approximate surface area is 71.1 Å². The van der Waals surface area contributed by atoms with Crippen LogP contribution >= 0.6 is 10.7 Å². The molecule has 1 saturated heterocycles. The Balaban J connectivity index is 2.70. The molecule has 0 N–H and O–H groups in total. The predicted molar refractivity (Wildman–Crippen MR) is 43.2 cm³/mol. The van der Waals surface area contributed by atoms with E-state index >= 15 is 0 Å². The lowest BCUT2D eigenvalue weighted by molar-refractivity contribution is 0.0641. The predicted octanol–water partition coefficient (Wildman–Crippen LogP) is 0.980. The highest BCUT2D eigenvalue weighted by Crippen LogP contribution is 2.23. The molecule has 11 heavy (non-hydrogen) atoms. The second-order valence-electron chi connectivity index (χ2n) is 2.85. The standard InChI is InChI=1S/C6H11ClO3S/c1-5-4-10-3-2-6(5)11(7,8)9/h5-6H,2-4H2,1H3/t5-,6-/m0/s1. The van der Waals surface area contributed by atoms with Crippen molar-refractivity contribution in [3.63, 3.8) is 0 Å². The molecule has 5 heteroatoms. The van der Waals surface area contributed by atoms with Crippen LogP contribution in [0.1, 0.15) is 13.3 Å². The molecule has 0 aliphatic carbocycles. The summed E-state index contributed by atoms with van der Waals surface area (Å²) >= 11 is 0. The second-order valence-corrected chi connectivity index (χ2v) is 5.70. The smallest absolute Gasteiger partial charge is 0.235 e. The minimum Gasteiger partial charge on any atom is -0.381 e. The van der Waals surface area contributed by atoms with Crippen molar-refractivity contribution in [3.05, 3.63) is 0 Å². The van der Waals surface area contributed by atoms with Crippen molar-refractivity contribution >= 4 is 19.7 Å². The molecule has 1 aliphatic heterocycles. The Hall–Kier alpha value is 0.200. The van der Waals surface area contributed by atoms with Gasteiger partial charge in [-0.2, -0.15) is 0 Å². The van der Waals surface area contributed by atoms with Gasteiger partial charge in [0.15, 0.2) is 0 Å². The van der Waals surface area contributed by atoms with E-state index in [1.807, 2.05) is 6.92 Å². The Kier molecular flexibility index (Phi) is 2.78. The van der Waals surface area contributed by atoms with E-state index in [4.69, 9.17) is 15.4 Å². The largest absolute Gasteiger partial charge is 0.381 e. The quantitative estimate of drug-likeness (QED) is 0.590. The van der Waals surface area contributed by atoms with Gasteiger partial charge in [-0.25, -0.2) is 8.42 Å². The molecule has 0 amide bonds. The van der Waals surface area contributed by atoms with Crippen LogP contribution in [-0.2, 0) is 13.8 Å². The number of halogens is 1. The summed E-state index contributed by atoms with van der Waals surface area (Å²) in [4.78, 5) is 0. The van der Waals surface area contributed by atoms with Gasteiger partial charge in [-0.05, 0) is 12.3 Å². The molecule has 3 nitrogen and oxygen atoms in total. The first-order chi connectivity index (χ1) is 5.02. The Morgan fingerprint density at radius 2 is 2.18 bits per heavy atom. The van der Waals surface area contributed by atoms with Crippen LogP contribution in [0.15, 0.2) is 0 Å². The number of ether oxygens (including phenoxy) is 1. The number of hydrogen-bond donors (Lipinski definition) is 0. The van der Waals surface area contributed by atoms with Crippen molar-refractivity contribution in [2.45, 2.75) is 18.6 Å². The fourth-order valence-electron chi connectivity index (χ4n) is 1.28. The number of hydrogen-bond acceptors (Lipinski definition) is 3. The van der Waals surface area contributed by atoms with E-state index in [0.717, 1.165) is 0 Å². The molecular formula is C6H11ClO3S. The lowest BCUT2D eigenvalue weighted by Gasteiger charge is -2.25. The third-order valence-electron chi connectivity index (χ3n) is 1.92. The summed E-state index contributed by atoms with van der Waals surface area (Å²) in [6, 6.07) is 0. The topological polar surface area (TPSA) is 43.4 Å². The van der Waals surface area contributed by atoms with Crippen molar-refractivity contribution in [2.75, 3.05) is 13.2 Å². The maximum atomic E-state index is 10.9. The summed E-state index contributed by atoms with van der Waals surface area (Å²) in [7, 11) is 1.84. The molecular weight excluding hydrogens is 188 g/mol. The zero-order chi connectivity index (χ0) is 8.48. The van der Waals surface area contributed by atoms with Crippen molar-refractivity contribution in [1.82, 2.24) is 0 Å². The van der Waals surface area contributed by atoms with E-state index < -0.39 is 14.3 Å². The molecule has 1 heterocycles. The highest BCUT2D eigenvalue weighted by Gasteiger charge is 2.31. The van der Waals surface area contributed by atoms with Gasteiger partial charge in [0.2, 0.25) is 9.05 Å². The SMILES string of the molecule is C[C@H]1COCC[C@@H]1S(=O)(=O)Cl. The summed E-state index contributed by atoms with van der Waals surface area (Å²) in [6.45, 7) is 2.83. The normalized spacial score (nSPS) is 33.6. The van der Waals surface area contributed by atoms with Crippen LogP contribution in [0.2, 0.25) is 0 Å². The van der Waals surface area contributed by atoms with Crippen molar-refractivity contribution < 1.29 is 13.2 Å². The third-order valence-corrected chi connectivity index (χ3v) is 4.03. The van der Waals surface area contributed by atoms with Gasteiger partial charge < -0.3 is 4.74 Å². The first-order valence-corrected chi connectivity index (χ1v) is 5.90. The van der Waals surface area contributed by atoms with Gasteiger partial charge in [0, 0.05) is 17.3 Å². The maximum Gasteiger partial charge on any atom is 0.235 e. The molecule has 0 aromatic rings. The summed E-state index contributed by atoms with van der Waals surface area (Å²) in [5, 5.41) is -0.419. The van der Waals surface area contributed by atoms with Gasteiger partial charge in [0.05, 0.1) is 11.9 Å². The van der Waals surface area contributed by atoms with Gasteiger partial charge >= 0.3 is 0 Å². The van der Waals surface area contributed by atoms with Gasteiger partial charge in [-0.15, -0.1) is 0 Å². The summed E-state index contributed by atoms with van der Waals surface area (Å²) in [6.07, 6.45) is 0.521. The molecule has 0 unspecified atom stereocenters. The Morgan fingerprint density at radius 3 is 2.55 bits per heavy atom. The van der Waals surface area contributed by atoms with E-state index in [9.17, 15) is 8.42 Å². The van der Waals surface area contributed by atoms with Crippen molar-refractivity contribution in [1.29, 1.82) is 0 Å². The molecule has 1 fully saturated rings. The molecule has 0 aromatic carbocycles. The van der Waals surface area contributed by atoms with Crippen LogP contribution in [0.3, 0.4) is 0 Å². The molecule has 1 aliphatic rings. The van der Waals surface area contributed by atoms with Crippen LogP contribution in [-0.4, -0.2) is 26.9 Å². The molecule has 1 rings (SSSR count). The summed E-state index contributed by atoms with van der Waals surface area (Å²) in [5.41, 5.74) is 0. The summed E-state index contributed by atoms with van der Waals surface area (Å²) < 4.78 is 26.9. The molecule has 0 radical (unpaired) electrons. The first-order valence-electron chi connectivity index (χ1n) is 3.53. The van der Waals surface area contributed by atoms with Gasteiger partial charge in [0.25, 0.3) is 0 Å². The Bertz CT molecular complexity index is 224. The molecule has 66 valence electrons. The van der Waals surface area contributed by atoms with Gasteiger partial charge in [-0.3, -0.25) is 0 Å². The van der Waals surface area contributed by atoms with Gasteiger partial charge in [-0.1, -0.05) is 6.92 Å². The lowest BCUT2D eigenvalue weighted by Crippen LogP contribution is -2.33. The fraction of sp³-hybridized carbons (Fsp3) is 1.00. The second kappa shape index (κ2) is 3.29. The highest BCUT2D eigenvalue weighted by atomic mass is 35.7. The summed E-state index contributed by atoms with van der Waals surface area (Å²) in [5.74, 6) is 0.0197. The number of rotatable bonds is 1. The zero-order valence-electron chi connectivity index (χ0n) is 6.29. The van der Waals surface area contributed by atoms with Crippen LogP contribution < -0.4 is 0 Å². The minimum absolute atomic E-state index is 0.0197. The Morgan fingerprint density at radius 1 is 1.55 bits per heavy atom. The molecule has 2 atom stereocenters. The van der Waals surface area contributed by atoms with Crippen molar-refractivity contribution in [3.8, 4) is 0 Å². The molecule has 0 spiro atoms. The maximum absolute atomic E-state index is 10.9. The van der Waals surface area contributed by atoms with E-state index in [1.54, 1.807) is 0 Å². The van der Waals surface area contributed by atoms with E-state index in [0.29, 0.717) is 19.6 Å². The van der Waals surface area contributed by atoms with Crippen LogP contribution in [0.4, 0.5) is 0 Å². The molecule has 0 bridgehead atoms. The fourth-order valence-corrected chi connectivity index (χ4v) is 3.08. The first kappa shape index (κ1) is 9.29. The van der Waals surface area contributed by atoms with Crippen LogP contribution in [0.5, 0.6) is 0 Å². The zero-order valence-corrected chi connectivity index (χ0v) is 7.86. The van der Waals surface area contributed by atoms with Crippen LogP contribution in [0.25, 0.3) is 0 Å². The lowest BCUT2D eigenvalue weighted by atomic mass is 10.0. The minimum atomic E-state index is -3.38. The van der Waals surface area contributed by atoms with E-state index in [1.165, 1.54) is 0 Å². The third kappa shape index (κ3) is 2.32. The van der Waals surface area contributed by atoms with E-state index in [2.05, 4.69) is 0 Å². The average Bonchev–Trinajstić information content (AvgIpc) is 1.86. The average molecular weight is 199 g/mol. The highest BCUT2D eigenvalue weighted by molar-refractivity contribution is 8.14. The van der Waals surface area contributed by atoms with Gasteiger partial charge in [0.1, 0.15) is 0 Å². The van der Waals surface area contributed by atoms with Crippen molar-refractivity contribution in [2.24, 2.45) is 5.92 Å². The van der Waals surface area contributed by atoms with Crippen LogP contribution in [0, 0.1) is 5.92 Å². The monoisotopic (exact) mass is 198 g/mol.